The zero-order chi connectivity index (χ0) is 35.6. The number of fused-ring (bicyclic) bond motifs is 2. The molecule has 1 unspecified atom stereocenters. The Kier molecular flexibility index (Phi) is 3.80. The predicted molar refractivity (Wildman–Crippen MR) is 131 cm³/mol. The van der Waals surface area contributed by atoms with Crippen LogP contribution < -0.4 is 9.47 Å². The number of halogens is 3. The fraction of sp³-hybridized carbons (Fsp3) is 0.464. The van der Waals surface area contributed by atoms with Gasteiger partial charge < -0.3 is 24.3 Å². The van der Waals surface area contributed by atoms with Crippen molar-refractivity contribution in [2.45, 2.75) is 76.0 Å². The van der Waals surface area contributed by atoms with Crippen molar-refractivity contribution in [1.29, 1.82) is 0 Å². The fourth-order valence-electron chi connectivity index (χ4n) is 4.60. The number of alkyl halides is 2. The first-order chi connectivity index (χ1) is 21.1. The number of Topliss-reactive ketones (excluding diaryl/α,β-unsaturated/α-hetero) is 1. The first kappa shape index (κ1) is 16.0. The van der Waals surface area contributed by atoms with Crippen molar-refractivity contribution >= 4 is 16.7 Å². The summed E-state index contributed by atoms with van der Waals surface area (Å²) < 4.78 is 134. The Bertz CT molecular complexity index is 1760. The van der Waals surface area contributed by atoms with Crippen LogP contribution in [0.4, 0.5) is 13.2 Å². The Labute approximate surface area is 226 Å². The van der Waals surface area contributed by atoms with Gasteiger partial charge in [-0.1, -0.05) is 26.8 Å². The molecule has 3 aromatic rings. The molecule has 0 saturated heterocycles. The number of aromatic nitrogens is 1. The second kappa shape index (κ2) is 8.77. The topological polar surface area (TPSA) is 80.9 Å². The van der Waals surface area contributed by atoms with Crippen molar-refractivity contribution in [3.05, 3.63) is 59.0 Å². The third-order valence-corrected chi connectivity index (χ3v) is 6.89. The van der Waals surface area contributed by atoms with E-state index in [0.29, 0.717) is 24.5 Å². The molecule has 0 amide bonds. The Morgan fingerprint density at radius 2 is 2.00 bits per heavy atom. The van der Waals surface area contributed by atoms with Crippen LogP contribution in [-0.4, -0.2) is 39.5 Å². The Hall–Kier alpha value is -3.04. The number of ketones is 1. The molecule has 2 atom stereocenters. The molecule has 0 bridgehead atoms. The number of carbonyl (C=O) groups is 1. The summed E-state index contributed by atoms with van der Waals surface area (Å²) in [5.74, 6) is -2.14. The van der Waals surface area contributed by atoms with Crippen molar-refractivity contribution in [1.82, 2.24) is 4.57 Å². The molecule has 2 heterocycles. The van der Waals surface area contributed by atoms with E-state index in [0.717, 1.165) is 26.0 Å². The van der Waals surface area contributed by atoms with Gasteiger partial charge >= 0.3 is 6.29 Å². The van der Waals surface area contributed by atoms with E-state index in [2.05, 4.69) is 9.47 Å². The standard InChI is InChI=1S/C28H30F3NO5/c1-4-26(2,3)24-10-17-9-16(20(29)13-21(17)32(24)14-19(34)15-33)11-25(35)27(7-8-27)18-5-6-22-23(12-18)37-28(30,31)36-22/h5-6,9-10,12-13,19,33-34H,4,7-8,11,14-15H2,1-3H3/t19-/m0/s1/i2D3,4D2,14D2,15D2,19D/t19-,26?. The lowest BCUT2D eigenvalue weighted by Crippen LogP contribution is -2.26. The smallest absolute Gasteiger partial charge is 0.395 e. The van der Waals surface area contributed by atoms with Crippen molar-refractivity contribution < 1.29 is 51.4 Å². The van der Waals surface area contributed by atoms with E-state index < -0.39 is 78.7 Å². The van der Waals surface area contributed by atoms with Crippen LogP contribution in [0.5, 0.6) is 11.5 Å². The minimum Gasteiger partial charge on any atom is -0.395 e. The molecule has 198 valence electrons. The molecule has 6 nitrogen and oxygen atoms in total. The van der Waals surface area contributed by atoms with Crippen LogP contribution in [0.1, 0.15) is 70.4 Å². The molecule has 0 radical (unpaired) electrons. The predicted octanol–water partition coefficient (Wildman–Crippen LogP) is 4.99. The SMILES string of the molecule is [2H]C([2H])([2H])C(C)(c1cc2cc(CC(=O)C3(c4ccc5c(c4)OC(F)(F)O5)CC3)c(F)cc2n1C([2H])([2H])[C@]([2H])(O)C([2H])([2H])O)C([2H])([2H])C. The zero-order valence-corrected chi connectivity index (χ0v) is 19.8. The van der Waals surface area contributed by atoms with Gasteiger partial charge in [-0.3, -0.25) is 4.79 Å². The minimum atomic E-state index is -4.05. The highest BCUT2D eigenvalue weighted by molar-refractivity contribution is 5.95. The molecule has 1 fully saturated rings. The maximum atomic E-state index is 15.8. The van der Waals surface area contributed by atoms with Gasteiger partial charge in [0.1, 0.15) is 11.6 Å². The molecular weight excluding hydrogens is 487 g/mol. The molecule has 0 spiro atoms. The van der Waals surface area contributed by atoms with Crippen LogP contribution in [0.25, 0.3) is 10.9 Å². The summed E-state index contributed by atoms with van der Waals surface area (Å²) in [6, 6.07) is 6.62. The number of hydrogen-bond acceptors (Lipinski definition) is 5. The molecule has 2 aromatic carbocycles. The number of carbonyl (C=O) groups excluding carboxylic acids is 1. The van der Waals surface area contributed by atoms with Gasteiger partial charge in [-0.05, 0) is 60.7 Å². The highest BCUT2D eigenvalue weighted by Gasteiger charge is 2.52. The van der Waals surface area contributed by atoms with Crippen molar-refractivity contribution in [3.8, 4) is 11.5 Å². The second-order valence-electron chi connectivity index (χ2n) is 9.33. The molecule has 1 aromatic heterocycles. The first-order valence-electron chi connectivity index (χ1n) is 16.3. The van der Waals surface area contributed by atoms with Gasteiger partial charge in [-0.2, -0.15) is 0 Å². The van der Waals surface area contributed by atoms with Gasteiger partial charge in [0.15, 0.2) is 11.5 Å². The van der Waals surface area contributed by atoms with Gasteiger partial charge in [0, 0.05) is 29.8 Å². The number of hydrogen-bond donors (Lipinski definition) is 2. The van der Waals surface area contributed by atoms with E-state index in [1.165, 1.54) is 18.2 Å². The van der Waals surface area contributed by atoms with E-state index in [9.17, 15) is 23.8 Å². The molecule has 1 aliphatic carbocycles. The number of ether oxygens (including phenoxy) is 2. The van der Waals surface area contributed by atoms with Crippen LogP contribution in [0.15, 0.2) is 36.4 Å². The summed E-state index contributed by atoms with van der Waals surface area (Å²) in [5.41, 5.74) is -4.98. The summed E-state index contributed by atoms with van der Waals surface area (Å²) in [7, 11) is 0. The monoisotopic (exact) mass is 527 g/mol. The number of benzene rings is 2. The molecule has 9 heteroatoms. The summed E-state index contributed by atoms with van der Waals surface area (Å²) in [5, 5.41) is 20.4. The Morgan fingerprint density at radius 1 is 1.27 bits per heavy atom. The summed E-state index contributed by atoms with van der Waals surface area (Å²) in [4.78, 5) is 13.6. The van der Waals surface area contributed by atoms with Crippen molar-refractivity contribution in [2.24, 2.45) is 0 Å². The maximum absolute atomic E-state index is 15.8. The minimum absolute atomic E-state index is 0.155. The lowest BCUT2D eigenvalue weighted by atomic mass is 9.86. The molecule has 37 heavy (non-hydrogen) atoms. The molecule has 5 rings (SSSR count). The van der Waals surface area contributed by atoms with Crippen LogP contribution in [0, 0.1) is 5.82 Å². The van der Waals surface area contributed by atoms with Gasteiger partial charge in [-0.25, -0.2) is 4.39 Å². The third kappa shape index (κ3) is 4.48. The van der Waals surface area contributed by atoms with Crippen molar-refractivity contribution in [2.75, 3.05) is 6.56 Å². The van der Waals surface area contributed by atoms with Crippen LogP contribution >= 0.6 is 0 Å². The summed E-state index contributed by atoms with van der Waals surface area (Å²) >= 11 is 0. The van der Waals surface area contributed by atoms with Crippen molar-refractivity contribution in [3.63, 3.8) is 0 Å². The van der Waals surface area contributed by atoms with Crippen LogP contribution in [0.3, 0.4) is 0 Å². The molecule has 2 N–H and O–H groups in total. The average Bonchev–Trinajstić information content (AvgIpc) is 3.53. The van der Waals surface area contributed by atoms with Crippen LogP contribution in [-0.2, 0) is 28.5 Å². The molecular formula is C28H30F3NO5. The fourth-order valence-corrected chi connectivity index (χ4v) is 4.60. The second-order valence-corrected chi connectivity index (χ2v) is 9.33. The molecule has 2 aliphatic rings. The molecule has 1 saturated carbocycles. The Morgan fingerprint density at radius 3 is 2.65 bits per heavy atom. The van der Waals surface area contributed by atoms with Gasteiger partial charge in [0.05, 0.1) is 36.9 Å². The summed E-state index contributed by atoms with van der Waals surface area (Å²) in [6.45, 7) is -9.13. The van der Waals surface area contributed by atoms with E-state index in [1.807, 2.05) is 0 Å². The van der Waals surface area contributed by atoms with Gasteiger partial charge in [0.25, 0.3) is 0 Å². The number of nitrogens with zero attached hydrogens (tertiary/aromatic N) is 1. The maximum Gasteiger partial charge on any atom is 0.586 e. The largest absolute Gasteiger partial charge is 0.586 e. The summed E-state index contributed by atoms with van der Waals surface area (Å²) in [6.07, 6.45) is -10.6. The van der Waals surface area contributed by atoms with E-state index in [1.54, 1.807) is 0 Å². The highest BCUT2D eigenvalue weighted by atomic mass is 19.3. The molecule has 1 aliphatic heterocycles. The van der Waals surface area contributed by atoms with Gasteiger partial charge in [0.2, 0.25) is 0 Å². The Balaban J connectivity index is 1.65. The quantitative estimate of drug-likeness (QED) is 0.410. The van der Waals surface area contributed by atoms with E-state index >= 15 is 4.39 Å². The number of aliphatic hydroxyl groups is 2. The highest BCUT2D eigenvalue weighted by Crippen LogP contribution is 2.52. The van der Waals surface area contributed by atoms with E-state index in [-0.39, 0.29) is 27.0 Å². The number of rotatable bonds is 9. The first-order valence-corrected chi connectivity index (χ1v) is 11.3. The zero-order valence-electron chi connectivity index (χ0n) is 29.8. The lowest BCUT2D eigenvalue weighted by Gasteiger charge is -2.26. The third-order valence-electron chi connectivity index (χ3n) is 6.89. The van der Waals surface area contributed by atoms with Gasteiger partial charge in [-0.15, -0.1) is 8.78 Å². The average molecular weight is 528 g/mol. The normalized spacial score (nSPS) is 25.9. The van der Waals surface area contributed by atoms with Crippen LogP contribution in [0.2, 0.25) is 0 Å². The van der Waals surface area contributed by atoms with E-state index in [4.69, 9.17) is 13.7 Å². The lowest BCUT2D eigenvalue weighted by molar-refractivity contribution is -0.286.